The van der Waals surface area contributed by atoms with Crippen molar-refractivity contribution in [3.63, 3.8) is 0 Å². The molecule has 2 aliphatic heterocycles. The maximum absolute atomic E-state index is 4.18. The second-order valence-electron chi connectivity index (χ2n) is 2.61. The van der Waals surface area contributed by atoms with Crippen molar-refractivity contribution < 1.29 is 0 Å². The van der Waals surface area contributed by atoms with Gasteiger partial charge in [-0.1, -0.05) is 0 Å². The van der Waals surface area contributed by atoms with Gasteiger partial charge in [0.2, 0.25) is 0 Å². The molecule has 1 aromatic rings. The lowest BCUT2D eigenvalue weighted by Crippen LogP contribution is -2.20. The van der Waals surface area contributed by atoms with Crippen LogP contribution in [0.15, 0.2) is 32.1 Å². The minimum absolute atomic E-state index is 0.533. The summed E-state index contributed by atoms with van der Waals surface area (Å²) in [5.74, 6) is 0. The van der Waals surface area contributed by atoms with E-state index >= 15 is 0 Å². The molecule has 0 unspecified atom stereocenters. The van der Waals surface area contributed by atoms with E-state index in [1.807, 2.05) is 12.1 Å². The van der Waals surface area contributed by atoms with Gasteiger partial charge in [0.25, 0.3) is 0 Å². The Hall–Kier alpha value is -1.80. The van der Waals surface area contributed by atoms with E-state index in [0.29, 0.717) is 6.67 Å². The smallest absolute Gasteiger partial charge is 0.130 e. The fourth-order valence-electron chi connectivity index (χ4n) is 1.31. The molecule has 4 heteroatoms. The summed E-state index contributed by atoms with van der Waals surface area (Å²) in [6.07, 6.45) is 0. The molecule has 0 radical (unpaired) electrons. The molecule has 2 heterocycles. The minimum Gasteiger partial charge on any atom is -0.260 e. The maximum atomic E-state index is 4.18. The van der Waals surface area contributed by atoms with E-state index in [1.54, 1.807) is 0 Å². The molecule has 0 saturated carbocycles. The summed E-state index contributed by atoms with van der Waals surface area (Å²) in [5.41, 5.74) is 1.68. The maximum Gasteiger partial charge on any atom is 0.130 e. The van der Waals surface area contributed by atoms with Crippen molar-refractivity contribution in [1.82, 2.24) is 0 Å². The lowest BCUT2D eigenvalue weighted by atomic mass is 10.2. The van der Waals surface area contributed by atoms with E-state index in [9.17, 15) is 0 Å². The fraction of sp³-hybridized carbons (Fsp3) is 0.125. The van der Waals surface area contributed by atoms with Crippen LogP contribution >= 0.6 is 0 Å². The number of nitrogens with zero attached hydrogens (tertiary/aromatic N) is 4. The molecule has 4 nitrogen and oxygen atoms in total. The zero-order chi connectivity index (χ0) is 7.97. The average Bonchev–Trinajstić information content (AvgIpc) is 2.64. The monoisotopic (exact) mass is 156 g/mol. The summed E-state index contributed by atoms with van der Waals surface area (Å²) in [4.78, 5) is 16.3. The lowest BCUT2D eigenvalue weighted by molar-refractivity contribution is 1.06. The zero-order valence-electron chi connectivity index (χ0n) is 6.15. The molecule has 0 amide bonds. The van der Waals surface area contributed by atoms with Gasteiger partial charge in [0.1, 0.15) is 24.1 Å². The molecule has 0 spiro atoms. The van der Waals surface area contributed by atoms with E-state index in [2.05, 4.69) is 26.0 Å². The number of aliphatic imine (C=N–C) groups is 2. The highest BCUT2D eigenvalue weighted by atomic mass is 15.0. The van der Waals surface area contributed by atoms with Gasteiger partial charge >= 0.3 is 0 Å². The van der Waals surface area contributed by atoms with Crippen LogP contribution in [0.3, 0.4) is 0 Å². The van der Waals surface area contributed by atoms with Crippen LogP contribution in [0.25, 0.3) is 0 Å². The van der Waals surface area contributed by atoms with Gasteiger partial charge in [-0.3, -0.25) is 9.98 Å². The first-order valence-corrected chi connectivity index (χ1v) is 3.63. The third-order valence-corrected chi connectivity index (χ3v) is 1.89. The van der Waals surface area contributed by atoms with Gasteiger partial charge in [-0.15, -0.1) is 0 Å². The summed E-state index contributed by atoms with van der Waals surface area (Å²) < 4.78 is 0. The number of rotatable bonds is 0. The van der Waals surface area contributed by atoms with Crippen LogP contribution in [0.2, 0.25) is 0 Å². The van der Waals surface area contributed by atoms with Gasteiger partial charge in [0, 0.05) is 0 Å². The summed E-state index contributed by atoms with van der Waals surface area (Å²) >= 11 is 0. The minimum atomic E-state index is 0.533. The predicted molar refractivity (Wildman–Crippen MR) is 42.8 cm³/mol. The van der Waals surface area contributed by atoms with Crippen molar-refractivity contribution in [2.24, 2.45) is 20.0 Å². The first kappa shape index (κ1) is 5.80. The molecule has 0 fully saturated rings. The largest absolute Gasteiger partial charge is 0.260 e. The molecule has 12 heavy (non-hydrogen) atoms. The van der Waals surface area contributed by atoms with Crippen molar-refractivity contribution >= 4 is 17.4 Å². The van der Waals surface area contributed by atoms with Crippen molar-refractivity contribution in [2.45, 2.75) is 0 Å². The summed E-state index contributed by atoms with van der Waals surface area (Å²) in [7, 11) is 0. The highest BCUT2D eigenvalue weighted by Crippen LogP contribution is 2.26. The Bertz CT molecular complexity index is 490. The van der Waals surface area contributed by atoms with Gasteiger partial charge in [0.05, 0.1) is 10.7 Å². The lowest BCUT2D eigenvalue weighted by Gasteiger charge is -1.89. The SMILES string of the molecule is C1=Nc2cc3c(cc2N=1)=NCN=3. The van der Waals surface area contributed by atoms with Gasteiger partial charge in [-0.25, -0.2) is 0 Å². The van der Waals surface area contributed by atoms with Crippen LogP contribution in [0.1, 0.15) is 0 Å². The Kier molecular flexibility index (Phi) is 0.903. The highest BCUT2D eigenvalue weighted by Gasteiger charge is 2.07. The molecule has 0 aromatic heterocycles. The van der Waals surface area contributed by atoms with E-state index in [-0.39, 0.29) is 0 Å². The number of hydrogen-bond donors (Lipinski definition) is 0. The normalized spacial score (nSPS) is 15.3. The van der Waals surface area contributed by atoms with E-state index in [0.717, 1.165) is 22.1 Å². The summed E-state index contributed by atoms with van der Waals surface area (Å²) in [6, 6.07) is 6.34. The second kappa shape index (κ2) is 1.87. The Morgan fingerprint density at radius 2 is 1.58 bits per heavy atom. The summed E-state index contributed by atoms with van der Waals surface area (Å²) in [6.45, 7) is 0.533. The first-order valence-electron chi connectivity index (χ1n) is 3.63. The van der Waals surface area contributed by atoms with Crippen molar-refractivity contribution in [2.75, 3.05) is 6.67 Å². The van der Waals surface area contributed by atoms with Crippen molar-refractivity contribution in [1.29, 1.82) is 0 Å². The van der Waals surface area contributed by atoms with Gasteiger partial charge in [0.15, 0.2) is 0 Å². The quantitative estimate of drug-likeness (QED) is 0.528. The molecule has 0 bridgehead atoms. The molecule has 56 valence electrons. The van der Waals surface area contributed by atoms with Crippen molar-refractivity contribution in [3.8, 4) is 0 Å². The van der Waals surface area contributed by atoms with Crippen LogP contribution in [-0.2, 0) is 0 Å². The fourth-order valence-corrected chi connectivity index (χ4v) is 1.31. The molecule has 0 saturated heterocycles. The topological polar surface area (TPSA) is 49.4 Å². The average molecular weight is 156 g/mol. The second-order valence-corrected chi connectivity index (χ2v) is 2.61. The number of hydrogen-bond acceptors (Lipinski definition) is 4. The molecular formula is C8H4N4. The Balaban J connectivity index is 2.50. The molecule has 3 rings (SSSR count). The molecule has 0 aliphatic carbocycles. The Morgan fingerprint density at radius 3 is 2.17 bits per heavy atom. The van der Waals surface area contributed by atoms with E-state index in [1.165, 1.54) is 0 Å². The molecule has 2 aliphatic rings. The third kappa shape index (κ3) is 0.619. The van der Waals surface area contributed by atoms with Crippen LogP contribution in [0, 0.1) is 0 Å². The van der Waals surface area contributed by atoms with Gasteiger partial charge < -0.3 is 0 Å². The standard InChI is InChI=1S/C8H4N4/c1-5-7(11-3-9-5)2-8-6(1)10-4-12-8/h1-2H,3H2. The van der Waals surface area contributed by atoms with Crippen LogP contribution in [-0.4, -0.2) is 12.7 Å². The Morgan fingerprint density at radius 1 is 1.00 bits per heavy atom. The molecule has 0 N–H and O–H groups in total. The number of benzene rings is 1. The molecule has 1 aromatic carbocycles. The molecular weight excluding hydrogens is 152 g/mol. The Labute approximate surface area is 67.7 Å². The van der Waals surface area contributed by atoms with E-state index < -0.39 is 0 Å². The molecule has 0 atom stereocenters. The van der Waals surface area contributed by atoms with Crippen LogP contribution < -0.4 is 10.7 Å². The number of fused-ring (bicyclic) bond motifs is 2. The zero-order valence-corrected chi connectivity index (χ0v) is 6.15. The highest BCUT2D eigenvalue weighted by molar-refractivity contribution is 5.74. The van der Waals surface area contributed by atoms with Gasteiger partial charge in [-0.2, -0.15) is 9.98 Å². The van der Waals surface area contributed by atoms with E-state index in [4.69, 9.17) is 0 Å². The van der Waals surface area contributed by atoms with Crippen molar-refractivity contribution in [3.05, 3.63) is 22.8 Å². The summed E-state index contributed by atoms with van der Waals surface area (Å²) in [5, 5.41) is 1.83. The van der Waals surface area contributed by atoms with Crippen LogP contribution in [0.4, 0.5) is 11.4 Å². The first-order chi connectivity index (χ1) is 5.93. The van der Waals surface area contributed by atoms with Gasteiger partial charge in [-0.05, 0) is 12.1 Å². The third-order valence-electron chi connectivity index (χ3n) is 1.89. The predicted octanol–water partition coefficient (Wildman–Crippen LogP) is 0.347. The van der Waals surface area contributed by atoms with Crippen LogP contribution in [0.5, 0.6) is 0 Å².